The van der Waals surface area contributed by atoms with Crippen LogP contribution in [-0.4, -0.2) is 36.2 Å². The Bertz CT molecular complexity index is 643. The van der Waals surface area contributed by atoms with Gasteiger partial charge in [0, 0.05) is 30.9 Å². The van der Waals surface area contributed by atoms with Crippen molar-refractivity contribution in [2.24, 2.45) is 4.99 Å². The molecule has 1 atom stereocenters. The zero-order chi connectivity index (χ0) is 16.1. The number of hydrogen-bond acceptors (Lipinski definition) is 2. The minimum absolute atomic E-state index is 0. The summed E-state index contributed by atoms with van der Waals surface area (Å²) >= 11 is 0. The van der Waals surface area contributed by atoms with Gasteiger partial charge in [-0.25, -0.2) is 4.99 Å². The van der Waals surface area contributed by atoms with Gasteiger partial charge in [0.25, 0.3) is 0 Å². The Hall–Kier alpha value is -1.28. The molecule has 5 nitrogen and oxygen atoms in total. The van der Waals surface area contributed by atoms with Gasteiger partial charge in [-0.15, -0.1) is 24.0 Å². The molecule has 0 amide bonds. The quantitative estimate of drug-likeness (QED) is 0.378. The van der Waals surface area contributed by atoms with E-state index >= 15 is 0 Å². The van der Waals surface area contributed by atoms with Gasteiger partial charge in [-0.05, 0) is 44.2 Å². The van der Waals surface area contributed by atoms with Crippen LogP contribution in [0.15, 0.2) is 35.3 Å². The van der Waals surface area contributed by atoms with Crippen molar-refractivity contribution < 1.29 is 4.74 Å². The number of rotatable bonds is 5. The molecule has 0 saturated carbocycles. The van der Waals surface area contributed by atoms with Gasteiger partial charge in [0.1, 0.15) is 0 Å². The van der Waals surface area contributed by atoms with Crippen molar-refractivity contribution in [2.45, 2.75) is 38.8 Å². The molecule has 1 saturated heterocycles. The summed E-state index contributed by atoms with van der Waals surface area (Å²) in [4.78, 5) is 8.09. The fraction of sp³-hybridized carbons (Fsp3) is 0.500. The summed E-state index contributed by atoms with van der Waals surface area (Å²) < 4.78 is 5.82. The molecule has 1 aromatic heterocycles. The number of guanidine groups is 1. The second kappa shape index (κ2) is 8.71. The highest BCUT2D eigenvalue weighted by atomic mass is 127. The van der Waals surface area contributed by atoms with Crippen molar-refractivity contribution in [1.82, 2.24) is 15.6 Å². The van der Waals surface area contributed by atoms with Crippen LogP contribution < -0.4 is 10.6 Å². The third-order valence-electron chi connectivity index (χ3n) is 4.27. The number of aromatic nitrogens is 1. The zero-order valence-corrected chi connectivity index (χ0v) is 16.7. The lowest BCUT2D eigenvalue weighted by Crippen LogP contribution is -2.45. The molecule has 0 bridgehead atoms. The first-order chi connectivity index (χ1) is 11.2. The second-order valence-corrected chi connectivity index (χ2v) is 6.33. The fourth-order valence-corrected chi connectivity index (χ4v) is 2.97. The number of H-pyrrole nitrogens is 1. The molecule has 0 radical (unpaired) electrons. The summed E-state index contributed by atoms with van der Waals surface area (Å²) in [6, 6.07) is 10.5. The number of aliphatic imine (C=N–C) groups is 1. The summed E-state index contributed by atoms with van der Waals surface area (Å²) in [6.45, 7) is 7.35. The van der Waals surface area contributed by atoms with Gasteiger partial charge in [-0.3, -0.25) is 0 Å². The van der Waals surface area contributed by atoms with Crippen LogP contribution in [0.25, 0.3) is 10.9 Å². The molecule has 1 unspecified atom stereocenters. The van der Waals surface area contributed by atoms with Gasteiger partial charge in [-0.2, -0.15) is 0 Å². The minimum atomic E-state index is -0.0721. The maximum Gasteiger partial charge on any atom is 0.191 e. The number of benzene rings is 1. The van der Waals surface area contributed by atoms with Crippen molar-refractivity contribution in [1.29, 1.82) is 0 Å². The Labute approximate surface area is 160 Å². The molecule has 132 valence electrons. The van der Waals surface area contributed by atoms with Gasteiger partial charge in [0.2, 0.25) is 0 Å². The van der Waals surface area contributed by atoms with Crippen LogP contribution in [0.2, 0.25) is 0 Å². The number of ether oxygens (including phenoxy) is 1. The third kappa shape index (κ3) is 4.86. The maximum absolute atomic E-state index is 5.82. The predicted octanol–water partition coefficient (Wildman–Crippen LogP) is 3.41. The monoisotopic (exact) mass is 442 g/mol. The summed E-state index contributed by atoms with van der Waals surface area (Å²) in [7, 11) is 0. The Morgan fingerprint density at radius 3 is 2.88 bits per heavy atom. The topological polar surface area (TPSA) is 61.4 Å². The van der Waals surface area contributed by atoms with E-state index in [1.807, 2.05) is 6.07 Å². The summed E-state index contributed by atoms with van der Waals surface area (Å²) in [5, 5.41) is 7.93. The molecule has 2 heterocycles. The molecule has 3 rings (SSSR count). The van der Waals surface area contributed by atoms with Crippen LogP contribution >= 0.6 is 24.0 Å². The van der Waals surface area contributed by atoms with Crippen LogP contribution in [0.3, 0.4) is 0 Å². The molecule has 0 spiro atoms. The highest BCUT2D eigenvalue weighted by molar-refractivity contribution is 14.0. The van der Waals surface area contributed by atoms with Gasteiger partial charge in [-0.1, -0.05) is 18.2 Å². The van der Waals surface area contributed by atoms with E-state index in [0.717, 1.165) is 49.7 Å². The molecular weight excluding hydrogens is 415 g/mol. The lowest BCUT2D eigenvalue weighted by Gasteiger charge is -2.24. The van der Waals surface area contributed by atoms with Crippen LogP contribution in [0, 0.1) is 0 Å². The first-order valence-electron chi connectivity index (χ1n) is 8.41. The Balaban J connectivity index is 0.00000208. The summed E-state index contributed by atoms with van der Waals surface area (Å²) in [5.41, 5.74) is 2.20. The van der Waals surface area contributed by atoms with Crippen LogP contribution in [0.4, 0.5) is 0 Å². The van der Waals surface area contributed by atoms with Gasteiger partial charge in [0.15, 0.2) is 5.96 Å². The molecule has 24 heavy (non-hydrogen) atoms. The molecule has 2 aromatic rings. The number of hydrogen-bond donors (Lipinski definition) is 3. The van der Waals surface area contributed by atoms with Crippen molar-refractivity contribution in [2.75, 3.05) is 19.7 Å². The predicted molar refractivity (Wildman–Crippen MR) is 110 cm³/mol. The van der Waals surface area contributed by atoms with Crippen LogP contribution in [-0.2, 0) is 11.3 Å². The number of halogens is 1. The number of nitrogens with zero attached hydrogens (tertiary/aromatic N) is 1. The van der Waals surface area contributed by atoms with E-state index < -0.39 is 0 Å². The summed E-state index contributed by atoms with van der Waals surface area (Å²) in [6.07, 6.45) is 2.24. The highest BCUT2D eigenvalue weighted by Crippen LogP contribution is 2.23. The van der Waals surface area contributed by atoms with Crippen molar-refractivity contribution >= 4 is 40.8 Å². The van der Waals surface area contributed by atoms with E-state index in [0.29, 0.717) is 6.54 Å². The number of aromatic amines is 1. The van der Waals surface area contributed by atoms with Crippen LogP contribution in [0.1, 0.15) is 32.4 Å². The van der Waals surface area contributed by atoms with Crippen molar-refractivity contribution in [3.8, 4) is 0 Å². The Kier molecular flexibility index (Phi) is 6.91. The minimum Gasteiger partial charge on any atom is -0.373 e. The molecule has 1 aliphatic rings. The number of nitrogens with one attached hydrogen (secondary N) is 3. The van der Waals surface area contributed by atoms with E-state index in [9.17, 15) is 0 Å². The third-order valence-corrected chi connectivity index (χ3v) is 4.27. The molecule has 3 N–H and O–H groups in total. The number of para-hydroxylation sites is 1. The molecule has 1 fully saturated rings. The van der Waals surface area contributed by atoms with E-state index in [1.165, 1.54) is 5.39 Å². The average molecular weight is 442 g/mol. The molecular formula is C18H27IN4O. The smallest absolute Gasteiger partial charge is 0.191 e. The zero-order valence-electron chi connectivity index (χ0n) is 14.4. The Morgan fingerprint density at radius 1 is 1.33 bits per heavy atom. The van der Waals surface area contributed by atoms with Crippen LogP contribution in [0.5, 0.6) is 0 Å². The van der Waals surface area contributed by atoms with E-state index in [1.54, 1.807) is 0 Å². The molecule has 0 aliphatic carbocycles. The van der Waals surface area contributed by atoms with Gasteiger partial charge in [0.05, 0.1) is 12.1 Å². The fourth-order valence-electron chi connectivity index (χ4n) is 2.97. The van der Waals surface area contributed by atoms with Crippen molar-refractivity contribution in [3.05, 3.63) is 36.0 Å². The lowest BCUT2D eigenvalue weighted by molar-refractivity contribution is 0.0243. The number of fused-ring (bicyclic) bond motifs is 1. The van der Waals surface area contributed by atoms with Gasteiger partial charge >= 0.3 is 0 Å². The van der Waals surface area contributed by atoms with E-state index in [2.05, 4.69) is 58.7 Å². The first-order valence-corrected chi connectivity index (χ1v) is 8.41. The van der Waals surface area contributed by atoms with E-state index in [-0.39, 0.29) is 29.6 Å². The highest BCUT2D eigenvalue weighted by Gasteiger charge is 2.29. The molecule has 6 heteroatoms. The Morgan fingerprint density at radius 2 is 2.17 bits per heavy atom. The molecule has 1 aromatic carbocycles. The largest absolute Gasteiger partial charge is 0.373 e. The maximum atomic E-state index is 5.82. The first kappa shape index (κ1) is 19.1. The second-order valence-electron chi connectivity index (χ2n) is 6.33. The van der Waals surface area contributed by atoms with E-state index in [4.69, 9.17) is 4.74 Å². The average Bonchev–Trinajstić information content (AvgIpc) is 3.16. The van der Waals surface area contributed by atoms with Crippen molar-refractivity contribution in [3.63, 3.8) is 0 Å². The SMILES string of the molecule is CCNC(=NCc1cc2ccccc2[nH]1)NCC1(C)CCCO1.I. The van der Waals surface area contributed by atoms with Gasteiger partial charge < -0.3 is 20.4 Å². The standard InChI is InChI=1S/C18H26N4O.HI/c1-3-19-17(21-13-18(2)9-6-10-23-18)20-12-15-11-14-7-4-5-8-16(14)22-15;/h4-5,7-8,11,22H,3,6,9-10,12-13H2,1-2H3,(H2,19,20,21);1H. The lowest BCUT2D eigenvalue weighted by atomic mass is 10.0. The summed E-state index contributed by atoms with van der Waals surface area (Å²) in [5.74, 6) is 0.836. The molecule has 1 aliphatic heterocycles. The normalized spacial score (nSPS) is 20.8.